The Morgan fingerprint density at radius 1 is 1.52 bits per heavy atom. The van der Waals surface area contributed by atoms with Crippen LogP contribution < -0.4 is 11.3 Å². The number of pyridine rings is 2. The van der Waals surface area contributed by atoms with Gasteiger partial charge in [0.05, 0.1) is 5.39 Å². The van der Waals surface area contributed by atoms with Crippen molar-refractivity contribution in [1.82, 2.24) is 14.4 Å². The maximum absolute atomic E-state index is 12.2. The van der Waals surface area contributed by atoms with Crippen LogP contribution in [0.5, 0.6) is 5.75 Å². The number of nitrogens with two attached hydrogens (primary N) is 1. The van der Waals surface area contributed by atoms with Crippen molar-refractivity contribution in [3.05, 3.63) is 29.0 Å². The Morgan fingerprint density at radius 2 is 2.29 bits per heavy atom. The number of halogens is 1. The standard InChI is InChI=1S/C12H11BBrN5O2/c13-19-4-3-18-9(12(19)21)10(20)8-7(11(18)17-15)6(5-14)1-2-16-8/h1-2,20H,3-5,15H2/b17-11-. The zero-order chi connectivity index (χ0) is 15.1. The van der Waals surface area contributed by atoms with Gasteiger partial charge in [0.25, 0.3) is 5.91 Å². The number of alkyl halides is 1. The third kappa shape index (κ3) is 1.91. The van der Waals surface area contributed by atoms with E-state index in [9.17, 15) is 9.90 Å². The molecule has 2 aromatic heterocycles. The molecule has 106 valence electrons. The molecule has 0 fully saturated rings. The van der Waals surface area contributed by atoms with Crippen LogP contribution in [0, 0.1) is 0 Å². The van der Waals surface area contributed by atoms with Gasteiger partial charge in [-0.15, -0.1) is 0 Å². The molecule has 1 aliphatic rings. The molecule has 21 heavy (non-hydrogen) atoms. The summed E-state index contributed by atoms with van der Waals surface area (Å²) in [6.07, 6.45) is 1.56. The average molecular weight is 348 g/mol. The van der Waals surface area contributed by atoms with E-state index in [0.717, 1.165) is 10.4 Å². The number of nitrogens with zero attached hydrogens (tertiary/aromatic N) is 4. The Hall–Kier alpha value is -2.03. The maximum atomic E-state index is 12.2. The van der Waals surface area contributed by atoms with Crippen LogP contribution in [0.25, 0.3) is 10.9 Å². The second-order valence-electron chi connectivity index (χ2n) is 4.63. The molecular formula is C12H11BBrN5O2. The molecule has 3 N–H and O–H groups in total. The number of amides is 1. The van der Waals surface area contributed by atoms with Gasteiger partial charge in [0.2, 0.25) is 7.98 Å². The number of hydrogen-bond acceptors (Lipinski definition) is 5. The first kappa shape index (κ1) is 13.9. The fraction of sp³-hybridized carbons (Fsp3) is 0.250. The zero-order valence-corrected chi connectivity index (χ0v) is 12.5. The lowest BCUT2D eigenvalue weighted by Crippen LogP contribution is -2.44. The highest BCUT2D eigenvalue weighted by atomic mass is 79.9. The van der Waals surface area contributed by atoms with Gasteiger partial charge in [-0.05, 0) is 11.6 Å². The van der Waals surface area contributed by atoms with E-state index in [1.54, 1.807) is 16.8 Å². The van der Waals surface area contributed by atoms with Crippen LogP contribution in [-0.2, 0) is 11.9 Å². The van der Waals surface area contributed by atoms with E-state index in [4.69, 9.17) is 13.8 Å². The van der Waals surface area contributed by atoms with Gasteiger partial charge in [0.1, 0.15) is 5.52 Å². The number of carbonyl (C=O) groups is 1. The van der Waals surface area contributed by atoms with Gasteiger partial charge in [-0.3, -0.25) is 9.78 Å². The largest absolute Gasteiger partial charge is 0.504 e. The SMILES string of the molecule is [B]N1CCn2c(c(O)c3nccc(CBr)c3/c2=N/N)C1=O. The Labute approximate surface area is 129 Å². The lowest BCUT2D eigenvalue weighted by atomic mass is 10.1. The number of fused-ring (bicyclic) bond motifs is 2. The molecule has 0 aromatic carbocycles. The molecule has 0 spiro atoms. The van der Waals surface area contributed by atoms with E-state index in [-0.39, 0.29) is 17.0 Å². The minimum absolute atomic E-state index is 0.0553. The fourth-order valence-electron chi connectivity index (χ4n) is 2.54. The topological polar surface area (TPSA) is 96.7 Å². The number of hydrogen-bond donors (Lipinski definition) is 2. The van der Waals surface area contributed by atoms with Crippen molar-refractivity contribution in [2.75, 3.05) is 6.54 Å². The first-order chi connectivity index (χ1) is 10.1. The molecule has 0 aliphatic carbocycles. The van der Waals surface area contributed by atoms with E-state index in [1.165, 1.54) is 0 Å². The van der Waals surface area contributed by atoms with E-state index in [1.807, 2.05) is 0 Å². The maximum Gasteiger partial charge on any atom is 0.261 e. The van der Waals surface area contributed by atoms with Gasteiger partial charge < -0.3 is 20.3 Å². The molecule has 0 bridgehead atoms. The van der Waals surface area contributed by atoms with Crippen molar-refractivity contribution in [1.29, 1.82) is 0 Å². The highest BCUT2D eigenvalue weighted by Crippen LogP contribution is 2.29. The number of aromatic nitrogens is 2. The van der Waals surface area contributed by atoms with Gasteiger partial charge in [0.15, 0.2) is 16.9 Å². The summed E-state index contributed by atoms with van der Waals surface area (Å²) < 4.78 is 1.58. The van der Waals surface area contributed by atoms with Crippen LogP contribution in [0.1, 0.15) is 16.1 Å². The number of rotatable bonds is 1. The first-order valence-corrected chi connectivity index (χ1v) is 7.32. The van der Waals surface area contributed by atoms with Crippen LogP contribution in [0.15, 0.2) is 17.4 Å². The van der Waals surface area contributed by atoms with Crippen molar-refractivity contribution in [3.63, 3.8) is 0 Å². The quantitative estimate of drug-likeness (QED) is 0.327. The Kier molecular flexibility index (Phi) is 3.36. The molecule has 9 heteroatoms. The molecule has 0 saturated carbocycles. The molecule has 7 nitrogen and oxygen atoms in total. The summed E-state index contributed by atoms with van der Waals surface area (Å²) in [5.74, 6) is 4.82. The molecule has 0 unspecified atom stereocenters. The first-order valence-electron chi connectivity index (χ1n) is 6.20. The van der Waals surface area contributed by atoms with Gasteiger partial charge in [-0.1, -0.05) is 15.9 Å². The molecule has 2 aromatic rings. The smallest absolute Gasteiger partial charge is 0.261 e. The van der Waals surface area contributed by atoms with Gasteiger partial charge in [0, 0.05) is 24.6 Å². The number of aromatic hydroxyl groups is 1. The van der Waals surface area contributed by atoms with Crippen LogP contribution >= 0.6 is 15.9 Å². The summed E-state index contributed by atoms with van der Waals surface area (Å²) in [5.41, 5.74) is 1.62. The zero-order valence-electron chi connectivity index (χ0n) is 11.0. The summed E-state index contributed by atoms with van der Waals surface area (Å²) in [6, 6.07) is 1.80. The van der Waals surface area contributed by atoms with Crippen molar-refractivity contribution >= 4 is 40.7 Å². The van der Waals surface area contributed by atoms with E-state index < -0.39 is 5.91 Å². The summed E-state index contributed by atoms with van der Waals surface area (Å²) in [6.45, 7) is 0.710. The second kappa shape index (κ2) is 5.07. The van der Waals surface area contributed by atoms with E-state index in [0.29, 0.717) is 29.3 Å². The fourth-order valence-corrected chi connectivity index (χ4v) is 3.00. The minimum atomic E-state index is -0.489. The van der Waals surface area contributed by atoms with Crippen molar-refractivity contribution in [2.45, 2.75) is 11.9 Å². The number of carbonyl (C=O) groups excluding carboxylic acids is 1. The van der Waals surface area contributed by atoms with Crippen LogP contribution in [0.2, 0.25) is 0 Å². The second-order valence-corrected chi connectivity index (χ2v) is 5.19. The summed E-state index contributed by atoms with van der Waals surface area (Å²) in [7, 11) is 5.62. The lowest BCUT2D eigenvalue weighted by Gasteiger charge is -2.28. The Balaban J connectivity index is 2.54. The highest BCUT2D eigenvalue weighted by Gasteiger charge is 2.28. The Morgan fingerprint density at radius 3 is 2.95 bits per heavy atom. The molecule has 1 aliphatic heterocycles. The van der Waals surface area contributed by atoms with Crippen LogP contribution in [0.4, 0.5) is 0 Å². The van der Waals surface area contributed by atoms with E-state index in [2.05, 4.69) is 26.0 Å². The summed E-state index contributed by atoms with van der Waals surface area (Å²) in [4.78, 5) is 17.4. The van der Waals surface area contributed by atoms with Gasteiger partial charge in [-0.25, -0.2) is 0 Å². The predicted octanol–water partition coefficient (Wildman–Crippen LogP) is -0.0495. The molecule has 0 saturated heterocycles. The predicted molar refractivity (Wildman–Crippen MR) is 80.6 cm³/mol. The van der Waals surface area contributed by atoms with Crippen molar-refractivity contribution < 1.29 is 9.90 Å². The normalized spacial score (nSPS) is 15.6. The lowest BCUT2D eigenvalue weighted by molar-refractivity contribution is 0.0818. The van der Waals surface area contributed by atoms with Gasteiger partial charge in [-0.2, -0.15) is 5.10 Å². The average Bonchev–Trinajstić information content (AvgIpc) is 2.50. The highest BCUT2D eigenvalue weighted by molar-refractivity contribution is 9.08. The monoisotopic (exact) mass is 347 g/mol. The van der Waals surface area contributed by atoms with E-state index >= 15 is 0 Å². The molecule has 1 amide bonds. The van der Waals surface area contributed by atoms with Crippen molar-refractivity contribution in [3.8, 4) is 5.75 Å². The third-order valence-corrected chi connectivity index (χ3v) is 4.13. The van der Waals surface area contributed by atoms with Crippen LogP contribution in [0.3, 0.4) is 0 Å². The summed E-state index contributed by atoms with van der Waals surface area (Å²) in [5, 5.41) is 15.4. The summed E-state index contributed by atoms with van der Waals surface area (Å²) >= 11 is 3.39. The molecule has 0 atom stereocenters. The third-order valence-electron chi connectivity index (χ3n) is 3.53. The minimum Gasteiger partial charge on any atom is -0.504 e. The molecular weight excluding hydrogens is 337 g/mol. The molecule has 3 rings (SSSR count). The van der Waals surface area contributed by atoms with Gasteiger partial charge >= 0.3 is 0 Å². The molecule has 3 heterocycles. The van der Waals surface area contributed by atoms with Crippen molar-refractivity contribution in [2.24, 2.45) is 10.9 Å². The Bertz CT molecular complexity index is 819. The van der Waals surface area contributed by atoms with Crippen LogP contribution in [-0.4, -0.2) is 39.9 Å². The molecule has 2 radical (unpaired) electrons.